The quantitative estimate of drug-likeness (QED) is 0.742. The van der Waals surface area contributed by atoms with Crippen molar-refractivity contribution in [1.29, 1.82) is 0 Å². The number of carbonyl (C=O) groups is 1. The first-order chi connectivity index (χ1) is 8.29. The van der Waals surface area contributed by atoms with Gasteiger partial charge in [0.05, 0.1) is 18.7 Å². The monoisotopic (exact) mass is 229 g/mol. The van der Waals surface area contributed by atoms with Gasteiger partial charge in [-0.05, 0) is 37.5 Å². The molecule has 0 N–H and O–H groups in total. The largest absolute Gasteiger partial charge is 0.497 e. The maximum absolute atomic E-state index is 12.4. The number of methoxy groups -OCH3 is 1. The van der Waals surface area contributed by atoms with Crippen LogP contribution in [0.3, 0.4) is 0 Å². The lowest BCUT2D eigenvalue weighted by molar-refractivity contribution is 0.0942. The number of rotatable bonds is 1. The fourth-order valence-electron chi connectivity index (χ4n) is 2.69. The van der Waals surface area contributed by atoms with Crippen molar-refractivity contribution in [3.05, 3.63) is 23.8 Å². The van der Waals surface area contributed by atoms with E-state index in [4.69, 9.17) is 4.74 Å². The van der Waals surface area contributed by atoms with Gasteiger partial charge in [-0.3, -0.25) is 9.79 Å². The molecule has 1 atom stereocenters. The highest BCUT2D eigenvalue weighted by molar-refractivity contribution is 6.18. The minimum atomic E-state index is 0.0309. The average molecular weight is 229 g/mol. The van der Waals surface area contributed by atoms with E-state index in [1.807, 2.05) is 18.2 Å². The minimum absolute atomic E-state index is 0.0309. The molecule has 3 rings (SSSR count). The zero-order valence-electron chi connectivity index (χ0n) is 9.90. The van der Waals surface area contributed by atoms with Crippen LogP contribution in [-0.4, -0.2) is 18.6 Å². The van der Waals surface area contributed by atoms with Gasteiger partial charge in [-0.25, -0.2) is 0 Å². The molecule has 3 nitrogen and oxygen atoms in total. The fraction of sp³-hybridized carbons (Fsp3) is 0.429. The molecule has 1 aliphatic carbocycles. The first-order valence-corrected chi connectivity index (χ1v) is 6.09. The molecule has 1 unspecified atom stereocenters. The topological polar surface area (TPSA) is 38.7 Å². The Morgan fingerprint density at radius 3 is 3.06 bits per heavy atom. The van der Waals surface area contributed by atoms with Gasteiger partial charge in [0, 0.05) is 11.3 Å². The van der Waals surface area contributed by atoms with Crippen molar-refractivity contribution in [2.75, 3.05) is 7.11 Å². The summed E-state index contributed by atoms with van der Waals surface area (Å²) in [5.41, 5.74) is 2.61. The highest BCUT2D eigenvalue weighted by Crippen LogP contribution is 2.36. The van der Waals surface area contributed by atoms with Crippen LogP contribution in [0.5, 0.6) is 5.75 Å². The lowest BCUT2D eigenvalue weighted by atomic mass is 9.80. The third kappa shape index (κ3) is 1.66. The lowest BCUT2D eigenvalue weighted by Gasteiger charge is -2.27. The summed E-state index contributed by atoms with van der Waals surface area (Å²) in [7, 11) is 1.62. The smallest absolute Gasteiger partial charge is 0.173 e. The molecule has 0 spiro atoms. The van der Waals surface area contributed by atoms with Crippen molar-refractivity contribution in [3.8, 4) is 5.75 Å². The second-order valence-corrected chi connectivity index (χ2v) is 4.65. The Morgan fingerprint density at radius 2 is 2.24 bits per heavy atom. The number of benzene rings is 1. The maximum Gasteiger partial charge on any atom is 0.173 e. The summed E-state index contributed by atoms with van der Waals surface area (Å²) in [6.45, 7) is 0. The zero-order chi connectivity index (χ0) is 11.8. The van der Waals surface area contributed by atoms with Crippen molar-refractivity contribution >= 4 is 17.2 Å². The Hall–Kier alpha value is -1.64. The van der Waals surface area contributed by atoms with Crippen molar-refractivity contribution in [1.82, 2.24) is 0 Å². The number of hydrogen-bond acceptors (Lipinski definition) is 3. The Balaban J connectivity index is 2.09. The first-order valence-electron chi connectivity index (χ1n) is 6.09. The van der Waals surface area contributed by atoms with Gasteiger partial charge in [0.25, 0.3) is 0 Å². The van der Waals surface area contributed by atoms with Crippen molar-refractivity contribution in [2.45, 2.75) is 25.7 Å². The molecule has 0 bridgehead atoms. The predicted molar refractivity (Wildman–Crippen MR) is 66.4 cm³/mol. The van der Waals surface area contributed by atoms with Gasteiger partial charge in [0.1, 0.15) is 5.75 Å². The Labute approximate surface area is 101 Å². The minimum Gasteiger partial charge on any atom is -0.497 e. The molecule has 0 amide bonds. The standard InChI is InChI=1S/C14H15NO2/c1-17-9-6-7-13-11(8-9)14(16)10-4-2-3-5-12(10)15-13/h6-8,10H,2-5H2,1H3. The summed E-state index contributed by atoms with van der Waals surface area (Å²) in [5, 5.41) is 0. The van der Waals surface area contributed by atoms with E-state index in [0.29, 0.717) is 0 Å². The number of carbonyl (C=O) groups excluding carboxylic acids is 1. The Kier molecular flexibility index (Phi) is 2.46. The number of hydrogen-bond donors (Lipinski definition) is 0. The maximum atomic E-state index is 12.4. The van der Waals surface area contributed by atoms with Crippen LogP contribution in [0.25, 0.3) is 0 Å². The van der Waals surface area contributed by atoms with Gasteiger partial charge in [-0.15, -0.1) is 0 Å². The van der Waals surface area contributed by atoms with Gasteiger partial charge in [0.2, 0.25) is 0 Å². The predicted octanol–water partition coefficient (Wildman–Crippen LogP) is 3.15. The number of ketones is 1. The second kappa shape index (κ2) is 3.99. The molecule has 17 heavy (non-hydrogen) atoms. The molecule has 3 heteroatoms. The summed E-state index contributed by atoms with van der Waals surface area (Å²) in [6, 6.07) is 5.55. The number of aliphatic imine (C=N–C) groups is 1. The van der Waals surface area contributed by atoms with Crippen LogP contribution in [0.4, 0.5) is 5.69 Å². The molecule has 2 aliphatic rings. The van der Waals surface area contributed by atoms with Gasteiger partial charge in [0.15, 0.2) is 5.78 Å². The van der Waals surface area contributed by atoms with Crippen LogP contribution in [0.1, 0.15) is 36.0 Å². The van der Waals surface area contributed by atoms with Crippen LogP contribution in [0.15, 0.2) is 23.2 Å². The Morgan fingerprint density at radius 1 is 1.35 bits per heavy atom. The van der Waals surface area contributed by atoms with Crippen LogP contribution >= 0.6 is 0 Å². The first kappa shape index (κ1) is 10.5. The van der Waals surface area contributed by atoms with E-state index in [0.717, 1.165) is 48.4 Å². The number of fused-ring (bicyclic) bond motifs is 2. The summed E-state index contributed by atoms with van der Waals surface area (Å²) in [5.74, 6) is 0.985. The van der Waals surface area contributed by atoms with Crippen LogP contribution in [0.2, 0.25) is 0 Å². The van der Waals surface area contributed by atoms with Crippen molar-refractivity contribution in [3.63, 3.8) is 0 Å². The summed E-state index contributed by atoms with van der Waals surface area (Å²) >= 11 is 0. The fourth-order valence-corrected chi connectivity index (χ4v) is 2.69. The molecule has 0 saturated heterocycles. The van der Waals surface area contributed by atoms with E-state index in [2.05, 4.69) is 4.99 Å². The Bertz CT molecular complexity index is 505. The number of ether oxygens (including phenoxy) is 1. The third-order valence-electron chi connectivity index (χ3n) is 3.63. The van der Waals surface area contributed by atoms with Crippen LogP contribution in [0, 0.1) is 5.92 Å². The van der Waals surface area contributed by atoms with Gasteiger partial charge in [-0.2, -0.15) is 0 Å². The van der Waals surface area contributed by atoms with Crippen molar-refractivity contribution < 1.29 is 9.53 Å². The molecule has 0 aromatic heterocycles. The van der Waals surface area contributed by atoms with Gasteiger partial charge >= 0.3 is 0 Å². The molecule has 1 aliphatic heterocycles. The zero-order valence-corrected chi connectivity index (χ0v) is 9.90. The summed E-state index contributed by atoms with van der Waals surface area (Å²) < 4.78 is 5.16. The van der Waals surface area contributed by atoms with E-state index in [1.54, 1.807) is 7.11 Å². The molecule has 1 aromatic carbocycles. The number of Topliss-reactive ketones (excluding diaryl/α,β-unsaturated/α-hetero) is 1. The van der Waals surface area contributed by atoms with E-state index in [-0.39, 0.29) is 11.7 Å². The number of nitrogens with zero attached hydrogens (tertiary/aromatic N) is 1. The van der Waals surface area contributed by atoms with Crippen LogP contribution in [-0.2, 0) is 0 Å². The highest BCUT2D eigenvalue weighted by Gasteiger charge is 2.32. The van der Waals surface area contributed by atoms with E-state index in [1.165, 1.54) is 0 Å². The van der Waals surface area contributed by atoms with Gasteiger partial charge in [-0.1, -0.05) is 6.42 Å². The lowest BCUT2D eigenvalue weighted by Crippen LogP contribution is -2.30. The highest BCUT2D eigenvalue weighted by atomic mass is 16.5. The molecular weight excluding hydrogens is 214 g/mol. The third-order valence-corrected chi connectivity index (χ3v) is 3.63. The van der Waals surface area contributed by atoms with Crippen molar-refractivity contribution in [2.24, 2.45) is 10.9 Å². The van der Waals surface area contributed by atoms with E-state index < -0.39 is 0 Å². The average Bonchev–Trinajstić information content (AvgIpc) is 2.39. The molecular formula is C14H15NO2. The van der Waals surface area contributed by atoms with Crippen LogP contribution < -0.4 is 4.74 Å². The molecule has 0 radical (unpaired) electrons. The van der Waals surface area contributed by atoms with E-state index >= 15 is 0 Å². The normalized spacial score (nSPS) is 22.5. The SMILES string of the molecule is COc1ccc2c(c1)C(=O)C1CCCCC1=N2. The molecule has 1 aromatic rings. The molecule has 88 valence electrons. The van der Waals surface area contributed by atoms with E-state index in [9.17, 15) is 4.79 Å². The molecule has 1 saturated carbocycles. The second-order valence-electron chi connectivity index (χ2n) is 4.65. The summed E-state index contributed by atoms with van der Waals surface area (Å²) in [6.07, 6.45) is 4.22. The summed E-state index contributed by atoms with van der Waals surface area (Å²) in [4.78, 5) is 17.0. The molecule has 1 heterocycles. The molecule has 1 fully saturated rings. The van der Waals surface area contributed by atoms with Gasteiger partial charge < -0.3 is 4.74 Å².